The van der Waals surface area contributed by atoms with Gasteiger partial charge in [-0.15, -0.1) is 0 Å². The molecule has 0 amide bonds. The van der Waals surface area contributed by atoms with Gasteiger partial charge in [-0.25, -0.2) is 0 Å². The molecule has 1 fully saturated rings. The van der Waals surface area contributed by atoms with E-state index in [4.69, 9.17) is 47.0 Å². The molecule has 1 aliphatic heterocycles. The lowest BCUT2D eigenvalue weighted by Gasteiger charge is -2.36. The quantitative estimate of drug-likeness (QED) is 0.699. The van der Waals surface area contributed by atoms with Crippen molar-refractivity contribution >= 4 is 57.8 Å². The maximum absolute atomic E-state index is 6.25. The van der Waals surface area contributed by atoms with Gasteiger partial charge in [-0.1, -0.05) is 53.0 Å². The number of nitrogens with one attached hydrogen (secondary N) is 1. The molecule has 0 aliphatic carbocycles. The SMILES string of the molecule is S=C(Nc1cc(Cl)cc(Cl)c1)N1CCN(Cc2ccccc2Cl)CC1. The van der Waals surface area contributed by atoms with E-state index < -0.39 is 0 Å². The zero-order valence-electron chi connectivity index (χ0n) is 13.5. The van der Waals surface area contributed by atoms with E-state index in [9.17, 15) is 0 Å². The van der Waals surface area contributed by atoms with E-state index in [1.54, 1.807) is 6.07 Å². The summed E-state index contributed by atoms with van der Waals surface area (Å²) in [7, 11) is 0. The van der Waals surface area contributed by atoms with Gasteiger partial charge in [0.1, 0.15) is 0 Å². The Bertz CT molecular complexity index is 741. The van der Waals surface area contributed by atoms with Crippen LogP contribution >= 0.6 is 47.0 Å². The van der Waals surface area contributed by atoms with Crippen molar-refractivity contribution in [1.82, 2.24) is 9.80 Å². The standard InChI is InChI=1S/C18H18Cl3N3S/c19-14-9-15(20)11-16(10-14)22-18(25)24-7-5-23(6-8-24)12-13-3-1-2-4-17(13)21/h1-4,9-11H,5-8,12H2,(H,22,25). The summed E-state index contributed by atoms with van der Waals surface area (Å²) in [4.78, 5) is 4.55. The molecule has 0 aromatic heterocycles. The lowest BCUT2D eigenvalue weighted by atomic mass is 10.2. The number of hydrogen-bond acceptors (Lipinski definition) is 2. The fourth-order valence-corrected chi connectivity index (χ4v) is 3.83. The number of hydrogen-bond donors (Lipinski definition) is 1. The van der Waals surface area contributed by atoms with Crippen LogP contribution in [0.3, 0.4) is 0 Å². The molecule has 0 spiro atoms. The van der Waals surface area contributed by atoms with Crippen LogP contribution in [0.5, 0.6) is 0 Å². The molecule has 0 atom stereocenters. The summed E-state index contributed by atoms with van der Waals surface area (Å²) in [6.45, 7) is 4.46. The van der Waals surface area contributed by atoms with E-state index in [1.807, 2.05) is 30.3 Å². The average Bonchev–Trinajstić information content (AvgIpc) is 2.56. The highest BCUT2D eigenvalue weighted by molar-refractivity contribution is 7.80. The summed E-state index contributed by atoms with van der Waals surface area (Å²) in [6, 6.07) is 13.3. The molecule has 1 saturated heterocycles. The second-order valence-corrected chi connectivity index (χ2v) is 7.61. The Balaban J connectivity index is 1.53. The molecule has 132 valence electrons. The molecule has 7 heteroatoms. The molecular formula is C18H18Cl3N3S. The van der Waals surface area contributed by atoms with Gasteiger partial charge in [0.25, 0.3) is 0 Å². The highest BCUT2D eigenvalue weighted by Gasteiger charge is 2.19. The van der Waals surface area contributed by atoms with Gasteiger partial charge < -0.3 is 10.2 Å². The summed E-state index contributed by atoms with van der Waals surface area (Å²) >= 11 is 23.8. The van der Waals surface area contributed by atoms with Crippen molar-refractivity contribution in [1.29, 1.82) is 0 Å². The lowest BCUT2D eigenvalue weighted by Crippen LogP contribution is -2.49. The minimum Gasteiger partial charge on any atom is -0.346 e. The molecule has 0 unspecified atom stereocenters. The van der Waals surface area contributed by atoms with E-state index in [2.05, 4.69) is 21.2 Å². The lowest BCUT2D eigenvalue weighted by molar-refractivity contribution is 0.177. The largest absolute Gasteiger partial charge is 0.346 e. The number of benzene rings is 2. The van der Waals surface area contributed by atoms with Gasteiger partial charge in [0.2, 0.25) is 0 Å². The molecule has 3 nitrogen and oxygen atoms in total. The molecule has 2 aromatic rings. The van der Waals surface area contributed by atoms with Crippen LogP contribution in [0.1, 0.15) is 5.56 Å². The second-order valence-electron chi connectivity index (χ2n) is 5.94. The molecule has 0 saturated carbocycles. The van der Waals surface area contributed by atoms with E-state index in [1.165, 1.54) is 0 Å². The topological polar surface area (TPSA) is 18.5 Å². The fraction of sp³-hybridized carbons (Fsp3) is 0.278. The highest BCUT2D eigenvalue weighted by atomic mass is 35.5. The van der Waals surface area contributed by atoms with Gasteiger partial charge in [-0.2, -0.15) is 0 Å². The molecule has 0 radical (unpaired) electrons. The summed E-state index contributed by atoms with van der Waals surface area (Å²) in [5.74, 6) is 0. The van der Waals surface area contributed by atoms with E-state index >= 15 is 0 Å². The summed E-state index contributed by atoms with van der Waals surface area (Å²) in [5.41, 5.74) is 1.97. The predicted molar refractivity (Wildman–Crippen MR) is 111 cm³/mol. The van der Waals surface area contributed by atoms with Crippen LogP contribution < -0.4 is 5.32 Å². The molecule has 25 heavy (non-hydrogen) atoms. The number of piperazine rings is 1. The van der Waals surface area contributed by atoms with Crippen LogP contribution in [-0.2, 0) is 6.54 Å². The van der Waals surface area contributed by atoms with Crippen molar-refractivity contribution < 1.29 is 0 Å². The maximum Gasteiger partial charge on any atom is 0.173 e. The second kappa shape index (κ2) is 8.56. The molecular weight excluding hydrogens is 397 g/mol. The first-order chi connectivity index (χ1) is 12.0. The Morgan fingerprint density at radius 2 is 1.60 bits per heavy atom. The maximum atomic E-state index is 6.25. The Labute approximate surface area is 168 Å². The number of halogens is 3. The van der Waals surface area contributed by atoms with Gasteiger partial charge in [0.15, 0.2) is 5.11 Å². The summed E-state index contributed by atoms with van der Waals surface area (Å²) in [6.07, 6.45) is 0. The third-order valence-corrected chi connectivity index (χ3v) is 5.29. The summed E-state index contributed by atoms with van der Waals surface area (Å²) < 4.78 is 0. The van der Waals surface area contributed by atoms with Gasteiger partial charge in [0.05, 0.1) is 0 Å². The molecule has 1 aliphatic rings. The fourth-order valence-electron chi connectivity index (χ4n) is 2.81. The molecule has 1 N–H and O–H groups in total. The van der Waals surface area contributed by atoms with Crippen molar-refractivity contribution in [3.63, 3.8) is 0 Å². The minimum absolute atomic E-state index is 0.586. The molecule has 0 bridgehead atoms. The minimum atomic E-state index is 0.586. The third-order valence-electron chi connectivity index (χ3n) is 4.13. The van der Waals surface area contributed by atoms with Crippen LogP contribution in [0.4, 0.5) is 5.69 Å². The van der Waals surface area contributed by atoms with Gasteiger partial charge in [0, 0.05) is 53.5 Å². The monoisotopic (exact) mass is 413 g/mol. The first-order valence-electron chi connectivity index (χ1n) is 7.99. The van der Waals surface area contributed by atoms with Crippen molar-refractivity contribution in [2.24, 2.45) is 0 Å². The number of rotatable bonds is 3. The van der Waals surface area contributed by atoms with E-state index in [0.29, 0.717) is 15.2 Å². The molecule has 3 rings (SSSR count). The smallest absolute Gasteiger partial charge is 0.173 e. The van der Waals surface area contributed by atoms with Crippen molar-refractivity contribution in [3.8, 4) is 0 Å². The van der Waals surface area contributed by atoms with Crippen LogP contribution in [-0.4, -0.2) is 41.1 Å². The zero-order chi connectivity index (χ0) is 17.8. The Kier molecular flexibility index (Phi) is 6.42. The van der Waals surface area contributed by atoms with Gasteiger partial charge >= 0.3 is 0 Å². The third kappa shape index (κ3) is 5.22. The van der Waals surface area contributed by atoms with Crippen LogP contribution in [0.15, 0.2) is 42.5 Å². The van der Waals surface area contributed by atoms with Gasteiger partial charge in [-0.3, -0.25) is 4.90 Å². The van der Waals surface area contributed by atoms with Gasteiger partial charge in [-0.05, 0) is 42.0 Å². The van der Waals surface area contributed by atoms with Crippen LogP contribution in [0.25, 0.3) is 0 Å². The molecule has 1 heterocycles. The van der Waals surface area contributed by atoms with Crippen molar-refractivity contribution in [3.05, 3.63) is 63.1 Å². The first-order valence-corrected chi connectivity index (χ1v) is 9.53. The van der Waals surface area contributed by atoms with Crippen LogP contribution in [0, 0.1) is 0 Å². The van der Waals surface area contributed by atoms with E-state index in [0.717, 1.165) is 49.0 Å². The van der Waals surface area contributed by atoms with Crippen molar-refractivity contribution in [2.45, 2.75) is 6.54 Å². The first kappa shape index (κ1) is 18.7. The Morgan fingerprint density at radius 1 is 0.960 bits per heavy atom. The number of nitrogens with zero attached hydrogens (tertiary/aromatic N) is 2. The average molecular weight is 415 g/mol. The normalized spacial score (nSPS) is 15.2. The number of anilines is 1. The number of thiocarbonyl (C=S) groups is 1. The van der Waals surface area contributed by atoms with E-state index in [-0.39, 0.29) is 0 Å². The predicted octanol–water partition coefficient (Wildman–Crippen LogP) is 5.16. The zero-order valence-corrected chi connectivity index (χ0v) is 16.6. The highest BCUT2D eigenvalue weighted by Crippen LogP contribution is 2.23. The van der Waals surface area contributed by atoms with Crippen molar-refractivity contribution in [2.75, 3.05) is 31.5 Å². The van der Waals surface area contributed by atoms with Crippen LogP contribution in [0.2, 0.25) is 15.1 Å². The Morgan fingerprint density at radius 3 is 2.24 bits per heavy atom. The Hall–Kier alpha value is -1.04. The molecule has 2 aromatic carbocycles. The summed E-state index contributed by atoms with van der Waals surface area (Å²) in [5, 5.41) is 5.90.